The number of methoxy groups -OCH3 is 1. The zero-order chi connectivity index (χ0) is 13.8. The number of nitrogens with zero attached hydrogens (tertiary/aromatic N) is 2. The first-order valence-electron chi connectivity index (χ1n) is 5.81. The van der Waals surface area contributed by atoms with Crippen molar-refractivity contribution in [3.05, 3.63) is 63.8 Å². The van der Waals surface area contributed by atoms with E-state index in [0.717, 1.165) is 11.3 Å². The van der Waals surface area contributed by atoms with Gasteiger partial charge in [0.15, 0.2) is 0 Å². The van der Waals surface area contributed by atoms with Gasteiger partial charge in [0.1, 0.15) is 5.56 Å². The second-order valence-electron chi connectivity index (χ2n) is 4.18. The van der Waals surface area contributed by atoms with Crippen molar-refractivity contribution in [2.24, 2.45) is 0 Å². The van der Waals surface area contributed by atoms with E-state index in [2.05, 4.69) is 9.72 Å². The van der Waals surface area contributed by atoms with Gasteiger partial charge in [-0.05, 0) is 30.7 Å². The van der Waals surface area contributed by atoms with Crippen LogP contribution in [0.25, 0.3) is 0 Å². The number of rotatable bonds is 3. The van der Waals surface area contributed by atoms with E-state index in [0.29, 0.717) is 6.54 Å². The van der Waals surface area contributed by atoms with Crippen molar-refractivity contribution in [2.45, 2.75) is 13.5 Å². The number of esters is 1. The highest BCUT2D eigenvalue weighted by Crippen LogP contribution is 2.03. The summed E-state index contributed by atoms with van der Waals surface area (Å²) in [6, 6.07) is 7.02. The molecule has 0 saturated heterocycles. The summed E-state index contributed by atoms with van der Waals surface area (Å²) in [6.07, 6.45) is 3.36. The number of ether oxygens (including phenoxy) is 1. The van der Waals surface area contributed by atoms with Crippen LogP contribution in [0.1, 0.15) is 21.6 Å². The van der Waals surface area contributed by atoms with E-state index in [4.69, 9.17) is 0 Å². The monoisotopic (exact) mass is 258 g/mol. The Bertz CT molecular complexity index is 647. The van der Waals surface area contributed by atoms with Gasteiger partial charge in [-0.3, -0.25) is 9.78 Å². The molecule has 19 heavy (non-hydrogen) atoms. The molecular formula is C14H14N2O3. The van der Waals surface area contributed by atoms with Gasteiger partial charge in [0.25, 0.3) is 5.56 Å². The van der Waals surface area contributed by atoms with Gasteiger partial charge >= 0.3 is 5.97 Å². The molecule has 0 atom stereocenters. The Morgan fingerprint density at radius 1 is 1.42 bits per heavy atom. The van der Waals surface area contributed by atoms with Crippen molar-refractivity contribution >= 4 is 5.97 Å². The van der Waals surface area contributed by atoms with E-state index in [1.54, 1.807) is 12.4 Å². The molecule has 0 amide bonds. The van der Waals surface area contributed by atoms with Crippen LogP contribution in [-0.4, -0.2) is 22.6 Å². The highest BCUT2D eigenvalue weighted by atomic mass is 16.5. The van der Waals surface area contributed by atoms with Gasteiger partial charge in [-0.25, -0.2) is 4.79 Å². The maximum Gasteiger partial charge on any atom is 0.343 e. The molecule has 0 saturated carbocycles. The molecule has 5 heteroatoms. The Hall–Kier alpha value is -2.43. The smallest absolute Gasteiger partial charge is 0.343 e. The van der Waals surface area contributed by atoms with E-state index >= 15 is 0 Å². The molecule has 0 aliphatic heterocycles. The van der Waals surface area contributed by atoms with Crippen LogP contribution in [0.5, 0.6) is 0 Å². The fourth-order valence-corrected chi connectivity index (χ4v) is 1.83. The maximum absolute atomic E-state index is 12.2. The van der Waals surface area contributed by atoms with Crippen LogP contribution in [0.3, 0.4) is 0 Å². The molecule has 98 valence electrons. The van der Waals surface area contributed by atoms with Gasteiger partial charge in [-0.1, -0.05) is 6.07 Å². The number of pyridine rings is 2. The van der Waals surface area contributed by atoms with Gasteiger partial charge < -0.3 is 9.30 Å². The van der Waals surface area contributed by atoms with E-state index in [9.17, 15) is 9.59 Å². The Balaban J connectivity index is 2.44. The minimum Gasteiger partial charge on any atom is -0.465 e. The number of aryl methyl sites for hydroxylation is 1. The fourth-order valence-electron chi connectivity index (χ4n) is 1.83. The molecule has 0 spiro atoms. The lowest BCUT2D eigenvalue weighted by molar-refractivity contribution is 0.0598. The van der Waals surface area contributed by atoms with Crippen molar-refractivity contribution in [1.29, 1.82) is 0 Å². The summed E-state index contributed by atoms with van der Waals surface area (Å²) >= 11 is 0. The largest absolute Gasteiger partial charge is 0.465 e. The quantitative estimate of drug-likeness (QED) is 0.780. The number of hydrogen-bond acceptors (Lipinski definition) is 4. The Kier molecular flexibility index (Phi) is 3.75. The SMILES string of the molecule is COC(=O)c1cc(C)cn(Cc2ccccn2)c1=O. The average Bonchev–Trinajstić information content (AvgIpc) is 2.42. The lowest BCUT2D eigenvalue weighted by Crippen LogP contribution is -2.27. The second kappa shape index (κ2) is 5.48. The maximum atomic E-state index is 12.2. The summed E-state index contributed by atoms with van der Waals surface area (Å²) in [5.41, 5.74) is 1.24. The van der Waals surface area contributed by atoms with Crippen LogP contribution < -0.4 is 5.56 Å². The van der Waals surface area contributed by atoms with Crippen LogP contribution in [0, 0.1) is 6.92 Å². The zero-order valence-electron chi connectivity index (χ0n) is 10.8. The zero-order valence-corrected chi connectivity index (χ0v) is 10.8. The van der Waals surface area contributed by atoms with Crippen LogP contribution >= 0.6 is 0 Å². The summed E-state index contributed by atoms with van der Waals surface area (Å²) in [7, 11) is 1.26. The van der Waals surface area contributed by atoms with Crippen molar-refractivity contribution in [3.8, 4) is 0 Å². The number of carbonyl (C=O) groups excluding carboxylic acids is 1. The van der Waals surface area contributed by atoms with Gasteiger partial charge in [0.05, 0.1) is 19.3 Å². The van der Waals surface area contributed by atoms with Gasteiger partial charge in [0, 0.05) is 12.4 Å². The average molecular weight is 258 g/mol. The van der Waals surface area contributed by atoms with Crippen LogP contribution in [0.15, 0.2) is 41.5 Å². The molecule has 0 fully saturated rings. The van der Waals surface area contributed by atoms with Gasteiger partial charge in [-0.2, -0.15) is 0 Å². The Morgan fingerprint density at radius 3 is 2.84 bits per heavy atom. The van der Waals surface area contributed by atoms with Crippen molar-refractivity contribution in [1.82, 2.24) is 9.55 Å². The molecule has 0 unspecified atom stereocenters. The van der Waals surface area contributed by atoms with Gasteiger partial charge in [-0.15, -0.1) is 0 Å². The first-order chi connectivity index (χ1) is 9.11. The molecule has 0 N–H and O–H groups in total. The molecule has 2 heterocycles. The molecule has 2 aromatic rings. The fraction of sp³-hybridized carbons (Fsp3) is 0.214. The summed E-state index contributed by atoms with van der Waals surface area (Å²) in [5.74, 6) is -0.622. The molecule has 2 aromatic heterocycles. The number of aromatic nitrogens is 2. The first kappa shape index (κ1) is 13.0. The molecule has 0 bridgehead atoms. The van der Waals surface area contributed by atoms with Crippen LogP contribution in [0.4, 0.5) is 0 Å². The molecule has 0 radical (unpaired) electrons. The molecular weight excluding hydrogens is 244 g/mol. The summed E-state index contributed by atoms with van der Waals surface area (Å²) < 4.78 is 6.07. The minimum absolute atomic E-state index is 0.0402. The Morgan fingerprint density at radius 2 is 2.21 bits per heavy atom. The standard InChI is InChI=1S/C14H14N2O3/c1-10-7-12(14(18)19-2)13(17)16(8-10)9-11-5-3-4-6-15-11/h3-8H,9H2,1-2H3. The summed E-state index contributed by atoms with van der Waals surface area (Å²) in [6.45, 7) is 2.14. The predicted octanol–water partition coefficient (Wildman–Crippen LogP) is 1.39. The van der Waals surface area contributed by atoms with Crippen LogP contribution in [0.2, 0.25) is 0 Å². The van der Waals surface area contributed by atoms with E-state index < -0.39 is 5.97 Å². The number of carbonyl (C=O) groups is 1. The predicted molar refractivity (Wildman–Crippen MR) is 70.1 cm³/mol. The minimum atomic E-state index is -0.622. The van der Waals surface area contributed by atoms with Gasteiger partial charge in [0.2, 0.25) is 0 Å². The highest BCUT2D eigenvalue weighted by molar-refractivity contribution is 5.89. The Labute approximate surface area is 110 Å². The van der Waals surface area contributed by atoms with E-state index in [-0.39, 0.29) is 11.1 Å². The van der Waals surface area contributed by atoms with E-state index in [1.807, 2.05) is 25.1 Å². The molecule has 0 aliphatic carbocycles. The highest BCUT2D eigenvalue weighted by Gasteiger charge is 2.13. The van der Waals surface area contributed by atoms with Crippen molar-refractivity contribution in [3.63, 3.8) is 0 Å². The van der Waals surface area contributed by atoms with E-state index in [1.165, 1.54) is 17.7 Å². The third-order valence-corrected chi connectivity index (χ3v) is 2.69. The number of hydrogen-bond donors (Lipinski definition) is 0. The third kappa shape index (κ3) is 2.88. The third-order valence-electron chi connectivity index (χ3n) is 2.69. The normalized spacial score (nSPS) is 10.2. The summed E-state index contributed by atoms with van der Waals surface area (Å²) in [4.78, 5) is 27.9. The molecule has 0 aromatic carbocycles. The lowest BCUT2D eigenvalue weighted by Gasteiger charge is -2.08. The lowest BCUT2D eigenvalue weighted by atomic mass is 10.2. The molecule has 5 nitrogen and oxygen atoms in total. The van der Waals surface area contributed by atoms with Crippen molar-refractivity contribution in [2.75, 3.05) is 7.11 Å². The van der Waals surface area contributed by atoms with Crippen LogP contribution in [-0.2, 0) is 11.3 Å². The topological polar surface area (TPSA) is 61.2 Å². The second-order valence-corrected chi connectivity index (χ2v) is 4.18. The van der Waals surface area contributed by atoms with Crippen molar-refractivity contribution < 1.29 is 9.53 Å². The molecule has 2 rings (SSSR count). The first-order valence-corrected chi connectivity index (χ1v) is 5.81. The summed E-state index contributed by atoms with van der Waals surface area (Å²) in [5, 5.41) is 0. The molecule has 0 aliphatic rings.